The van der Waals surface area contributed by atoms with Gasteiger partial charge in [-0.15, -0.1) is 0 Å². The predicted octanol–water partition coefficient (Wildman–Crippen LogP) is 2.44. The quantitative estimate of drug-likeness (QED) is 0.486. The Labute approximate surface area is 181 Å². The Morgan fingerprint density at radius 2 is 0.871 bits per heavy atom. The molecule has 0 unspecified atom stereocenters. The Kier molecular flexibility index (Phi) is 5.45. The molecule has 0 aromatic heterocycles. The van der Waals surface area contributed by atoms with Crippen LogP contribution >= 0.6 is 0 Å². The lowest BCUT2D eigenvalue weighted by atomic mass is 10.1. The molecular weight excluding hydrogens is 394 g/mol. The molecule has 2 aliphatic heterocycles. The molecule has 0 fully saturated rings. The molecule has 4 amide bonds. The van der Waals surface area contributed by atoms with E-state index in [9.17, 15) is 19.2 Å². The monoisotopic (exact) mass is 420 g/mol. The Morgan fingerprint density at radius 1 is 0.581 bits per heavy atom. The van der Waals surface area contributed by atoms with Crippen LogP contribution in [0, 0.1) is 0 Å². The third-order valence-electron chi connectivity index (χ3n) is 6.05. The number of nitrogens with zero attached hydrogens (tertiary/aromatic N) is 3. The fourth-order valence-electron chi connectivity index (χ4n) is 4.31. The number of benzene rings is 2. The van der Waals surface area contributed by atoms with Crippen LogP contribution in [0.1, 0.15) is 54.3 Å². The molecule has 31 heavy (non-hydrogen) atoms. The first-order valence-electron chi connectivity index (χ1n) is 10.5. The smallest absolute Gasteiger partial charge is 0.261 e. The third kappa shape index (κ3) is 3.88. The van der Waals surface area contributed by atoms with Gasteiger partial charge in [-0.3, -0.25) is 29.0 Å². The van der Waals surface area contributed by atoms with Crippen LogP contribution in [0.4, 0.5) is 0 Å². The maximum atomic E-state index is 12.5. The number of rotatable bonds is 8. The van der Waals surface area contributed by atoms with Crippen LogP contribution in [0.2, 0.25) is 0 Å². The van der Waals surface area contributed by atoms with Gasteiger partial charge in [-0.1, -0.05) is 24.3 Å². The topological polar surface area (TPSA) is 74.8 Å². The van der Waals surface area contributed by atoms with Gasteiger partial charge in [0, 0.05) is 25.9 Å². The van der Waals surface area contributed by atoms with E-state index >= 15 is 0 Å². The molecule has 2 heterocycles. The fraction of sp³-hybridized carbons (Fsp3) is 0.333. The summed E-state index contributed by atoms with van der Waals surface area (Å²) >= 11 is 0. The van der Waals surface area contributed by atoms with Crippen molar-refractivity contribution in [1.82, 2.24) is 9.80 Å². The first-order valence-corrected chi connectivity index (χ1v) is 10.5. The van der Waals surface area contributed by atoms with Crippen molar-refractivity contribution in [1.29, 1.82) is 0 Å². The van der Waals surface area contributed by atoms with Crippen LogP contribution in [-0.2, 0) is 0 Å². The Balaban J connectivity index is 1.25. The molecule has 0 N–H and O–H groups in total. The molecule has 2 aliphatic rings. The summed E-state index contributed by atoms with van der Waals surface area (Å²) in [5.41, 5.74) is 1.90. The summed E-state index contributed by atoms with van der Waals surface area (Å²) in [4.78, 5) is 52.5. The average molecular weight is 420 g/mol. The lowest BCUT2D eigenvalue weighted by Crippen LogP contribution is -2.44. The summed E-state index contributed by atoms with van der Waals surface area (Å²) < 4.78 is 0.673. The number of imide groups is 2. The number of carbonyl (C=O) groups excluding carboxylic acids is 4. The van der Waals surface area contributed by atoms with Gasteiger partial charge in [0.2, 0.25) is 0 Å². The van der Waals surface area contributed by atoms with Gasteiger partial charge >= 0.3 is 0 Å². The van der Waals surface area contributed by atoms with Crippen LogP contribution in [0.15, 0.2) is 48.5 Å². The minimum atomic E-state index is -0.225. The SMILES string of the molecule is C[N+](C)(CCCN1C(=O)c2ccccc2C1=O)CCCN1C(=O)c2ccccc2C1=O. The van der Waals surface area contributed by atoms with Gasteiger partial charge in [-0.05, 0) is 24.3 Å². The molecule has 0 radical (unpaired) electrons. The molecule has 0 atom stereocenters. The van der Waals surface area contributed by atoms with Gasteiger partial charge in [0.05, 0.1) is 49.4 Å². The molecule has 0 saturated heterocycles. The van der Waals surface area contributed by atoms with E-state index in [1.165, 1.54) is 9.80 Å². The van der Waals surface area contributed by atoms with Gasteiger partial charge in [0.1, 0.15) is 0 Å². The van der Waals surface area contributed by atoms with Crippen molar-refractivity contribution in [2.45, 2.75) is 12.8 Å². The van der Waals surface area contributed by atoms with E-state index in [2.05, 4.69) is 14.1 Å². The number of quaternary nitrogens is 1. The third-order valence-corrected chi connectivity index (χ3v) is 6.05. The van der Waals surface area contributed by atoms with Crippen molar-refractivity contribution in [2.75, 3.05) is 40.3 Å². The number of hydrogen-bond acceptors (Lipinski definition) is 4. The summed E-state index contributed by atoms with van der Waals surface area (Å²) in [5.74, 6) is -0.902. The van der Waals surface area contributed by atoms with Crippen LogP contribution in [0.25, 0.3) is 0 Å². The van der Waals surface area contributed by atoms with Gasteiger partial charge in [-0.2, -0.15) is 0 Å². The first kappa shape index (κ1) is 20.9. The second kappa shape index (κ2) is 8.07. The zero-order valence-corrected chi connectivity index (χ0v) is 17.8. The fourth-order valence-corrected chi connectivity index (χ4v) is 4.31. The van der Waals surface area contributed by atoms with E-state index < -0.39 is 0 Å². The Hall–Kier alpha value is -3.32. The lowest BCUT2D eigenvalue weighted by Gasteiger charge is -2.31. The molecule has 2 aromatic carbocycles. The highest BCUT2D eigenvalue weighted by Crippen LogP contribution is 2.24. The second-order valence-electron chi connectivity index (χ2n) is 8.71. The normalized spacial score (nSPS) is 15.7. The zero-order chi connectivity index (χ0) is 22.2. The number of hydrogen-bond donors (Lipinski definition) is 0. The molecule has 160 valence electrons. The minimum Gasteiger partial charge on any atom is -0.328 e. The lowest BCUT2D eigenvalue weighted by molar-refractivity contribution is -0.890. The standard InChI is InChI=1S/C24H26N3O4/c1-27(2,15-7-13-25-21(28)17-9-3-4-10-18(17)22(25)29)16-8-14-26-23(30)19-11-5-6-12-20(19)24(26)31/h3-6,9-12H,7-8,13-16H2,1-2H3/q+1. The molecule has 7 nitrogen and oxygen atoms in total. The van der Waals surface area contributed by atoms with E-state index in [4.69, 9.17) is 0 Å². The van der Waals surface area contributed by atoms with Crippen molar-refractivity contribution in [3.8, 4) is 0 Å². The van der Waals surface area contributed by atoms with Crippen molar-refractivity contribution in [3.05, 3.63) is 70.8 Å². The van der Waals surface area contributed by atoms with Crippen molar-refractivity contribution >= 4 is 23.6 Å². The molecule has 2 aromatic rings. The van der Waals surface area contributed by atoms with Crippen molar-refractivity contribution in [3.63, 3.8) is 0 Å². The van der Waals surface area contributed by atoms with Crippen LogP contribution in [-0.4, -0.2) is 78.2 Å². The zero-order valence-electron chi connectivity index (χ0n) is 17.8. The summed E-state index contributed by atoms with van der Waals surface area (Å²) in [7, 11) is 4.15. The summed E-state index contributed by atoms with van der Waals surface area (Å²) in [6, 6.07) is 13.8. The van der Waals surface area contributed by atoms with E-state index in [-0.39, 0.29) is 23.6 Å². The highest BCUT2D eigenvalue weighted by Gasteiger charge is 2.36. The molecule has 0 spiro atoms. The van der Waals surface area contributed by atoms with Crippen molar-refractivity contribution < 1.29 is 23.7 Å². The van der Waals surface area contributed by atoms with E-state index in [0.717, 1.165) is 13.1 Å². The van der Waals surface area contributed by atoms with Crippen molar-refractivity contribution in [2.24, 2.45) is 0 Å². The predicted molar refractivity (Wildman–Crippen MR) is 115 cm³/mol. The second-order valence-corrected chi connectivity index (χ2v) is 8.71. The molecular formula is C24H26N3O4+. The molecule has 7 heteroatoms. The van der Waals surface area contributed by atoms with Crippen LogP contribution in [0.3, 0.4) is 0 Å². The average Bonchev–Trinajstić information content (AvgIpc) is 3.14. The van der Waals surface area contributed by atoms with E-state index in [0.29, 0.717) is 52.7 Å². The van der Waals surface area contributed by atoms with Gasteiger partial charge in [0.15, 0.2) is 0 Å². The summed E-state index contributed by atoms with van der Waals surface area (Å²) in [6.07, 6.45) is 1.37. The maximum absolute atomic E-state index is 12.5. The maximum Gasteiger partial charge on any atom is 0.261 e. The minimum absolute atomic E-state index is 0.225. The molecule has 0 saturated carbocycles. The number of carbonyl (C=O) groups is 4. The molecule has 0 aliphatic carbocycles. The largest absolute Gasteiger partial charge is 0.328 e. The molecule has 0 bridgehead atoms. The van der Waals surface area contributed by atoms with Crippen LogP contribution in [0.5, 0.6) is 0 Å². The van der Waals surface area contributed by atoms with Crippen LogP contribution < -0.4 is 0 Å². The molecule has 4 rings (SSSR count). The number of amides is 4. The van der Waals surface area contributed by atoms with E-state index in [1.807, 2.05) is 0 Å². The Bertz CT molecular complexity index is 922. The first-order chi connectivity index (χ1) is 14.8. The highest BCUT2D eigenvalue weighted by atomic mass is 16.2. The number of fused-ring (bicyclic) bond motifs is 2. The highest BCUT2D eigenvalue weighted by molar-refractivity contribution is 6.22. The summed E-state index contributed by atoms with van der Waals surface area (Å²) in [6.45, 7) is 2.31. The summed E-state index contributed by atoms with van der Waals surface area (Å²) in [5, 5.41) is 0. The van der Waals surface area contributed by atoms with Gasteiger partial charge in [0.25, 0.3) is 23.6 Å². The van der Waals surface area contributed by atoms with E-state index in [1.54, 1.807) is 48.5 Å². The Morgan fingerprint density at radius 3 is 1.16 bits per heavy atom. The van der Waals surface area contributed by atoms with Gasteiger partial charge < -0.3 is 4.48 Å². The van der Waals surface area contributed by atoms with Gasteiger partial charge in [-0.25, -0.2) is 0 Å².